The molecule has 1 aliphatic rings. The van der Waals surface area contributed by atoms with Gasteiger partial charge in [-0.25, -0.2) is 0 Å². The zero-order chi connectivity index (χ0) is 17.3. The van der Waals surface area contributed by atoms with Crippen LogP contribution in [0.1, 0.15) is 11.1 Å². The summed E-state index contributed by atoms with van der Waals surface area (Å²) in [7, 11) is 5.28. The molecule has 0 saturated heterocycles. The van der Waals surface area contributed by atoms with Crippen LogP contribution in [0.15, 0.2) is 53.7 Å². The second-order valence-corrected chi connectivity index (χ2v) is 5.68. The number of fused-ring (bicyclic) bond motifs is 1. The van der Waals surface area contributed by atoms with Gasteiger partial charge in [0, 0.05) is 59.2 Å². The zero-order valence-corrected chi connectivity index (χ0v) is 16.5. The van der Waals surface area contributed by atoms with Crippen molar-refractivity contribution in [1.82, 2.24) is 0 Å². The number of nitrogens with zero attached hydrogens (tertiary/aromatic N) is 3. The Balaban J connectivity index is 0.00000225. The van der Waals surface area contributed by atoms with Gasteiger partial charge in [0.2, 0.25) is 0 Å². The molecule has 3 rings (SSSR count). The number of amides is 1. The summed E-state index contributed by atoms with van der Waals surface area (Å²) in [5, 5.41) is 0. The molecule has 0 aromatic heterocycles. The molecule has 1 amide bonds. The summed E-state index contributed by atoms with van der Waals surface area (Å²) in [5.74, 6) is -0.492. The second-order valence-electron chi connectivity index (χ2n) is 5.68. The molecule has 0 spiro atoms. The molecule has 0 bridgehead atoms. The standard InChI is InChI=1S/C19H17FN3O.Ir/c1-22(2)17-12-13(8-9-15(17)20)19-14-6-4-5-7-16(14)23(3)18(24)10-11-21-19;/h4-7,9-12H,1-3H3;/q-1;/b11-10-,21-19?;. The summed E-state index contributed by atoms with van der Waals surface area (Å²) in [6, 6.07) is 13.5. The van der Waals surface area contributed by atoms with Gasteiger partial charge in [-0.2, -0.15) is 0 Å². The maximum Gasteiger partial charge on any atom is 0.252 e. The van der Waals surface area contributed by atoms with E-state index in [0.29, 0.717) is 17.0 Å². The van der Waals surface area contributed by atoms with Crippen LogP contribution in [0.2, 0.25) is 0 Å². The van der Waals surface area contributed by atoms with Crippen LogP contribution in [0.5, 0.6) is 0 Å². The molecule has 0 unspecified atom stereocenters. The molecule has 6 heteroatoms. The molecule has 0 N–H and O–H groups in total. The minimum Gasteiger partial charge on any atom is -0.391 e. The SMILES string of the molecule is CN(C)c1cc(C2=N/C=C\C(=O)N(C)c3ccccc32)[c-]cc1F.[Ir]. The van der Waals surface area contributed by atoms with E-state index in [4.69, 9.17) is 0 Å². The van der Waals surface area contributed by atoms with Gasteiger partial charge >= 0.3 is 0 Å². The largest absolute Gasteiger partial charge is 0.391 e. The predicted molar refractivity (Wildman–Crippen MR) is 94.2 cm³/mol. The molecule has 131 valence electrons. The van der Waals surface area contributed by atoms with E-state index in [-0.39, 0.29) is 31.8 Å². The first-order valence-corrected chi connectivity index (χ1v) is 7.49. The average molecular weight is 515 g/mol. The number of hydrogen-bond donors (Lipinski definition) is 0. The van der Waals surface area contributed by atoms with Crippen molar-refractivity contribution in [1.29, 1.82) is 0 Å². The van der Waals surface area contributed by atoms with Crippen molar-refractivity contribution in [2.75, 3.05) is 30.9 Å². The first kappa shape index (κ1) is 19.0. The summed E-state index contributed by atoms with van der Waals surface area (Å²) >= 11 is 0. The van der Waals surface area contributed by atoms with E-state index < -0.39 is 0 Å². The van der Waals surface area contributed by atoms with Crippen LogP contribution in [0.3, 0.4) is 0 Å². The van der Waals surface area contributed by atoms with Crippen LogP contribution in [-0.2, 0) is 24.9 Å². The second kappa shape index (κ2) is 7.72. The molecule has 2 aromatic rings. The van der Waals surface area contributed by atoms with E-state index in [1.54, 1.807) is 37.0 Å². The molecule has 0 saturated carbocycles. The van der Waals surface area contributed by atoms with Crippen LogP contribution in [-0.4, -0.2) is 32.8 Å². The third-order valence-corrected chi connectivity index (χ3v) is 3.89. The van der Waals surface area contributed by atoms with E-state index in [1.165, 1.54) is 18.3 Å². The Kier molecular flexibility index (Phi) is 5.88. The normalized spacial score (nSPS) is 14.6. The first-order chi connectivity index (χ1) is 11.5. The zero-order valence-electron chi connectivity index (χ0n) is 14.1. The van der Waals surface area contributed by atoms with Crippen molar-refractivity contribution >= 4 is 23.0 Å². The van der Waals surface area contributed by atoms with Gasteiger partial charge in [-0.05, 0) is 23.0 Å². The van der Waals surface area contributed by atoms with Crippen LogP contribution in [0, 0.1) is 11.9 Å². The Hall–Kier alpha value is -2.30. The van der Waals surface area contributed by atoms with Gasteiger partial charge in [-0.1, -0.05) is 18.2 Å². The summed E-state index contributed by atoms with van der Waals surface area (Å²) in [6.07, 6.45) is 2.88. The number of likely N-dealkylation sites (N-methyl/N-ethyl adjacent to an activating group) is 1. The van der Waals surface area contributed by atoms with Crippen LogP contribution in [0.25, 0.3) is 0 Å². The molecule has 1 radical (unpaired) electrons. The van der Waals surface area contributed by atoms with Gasteiger partial charge in [0.05, 0.1) is 5.82 Å². The number of aliphatic imine (C=N–C) groups is 1. The molecule has 1 aliphatic heterocycles. The maximum absolute atomic E-state index is 14.0. The van der Waals surface area contributed by atoms with Gasteiger partial charge in [0.15, 0.2) is 0 Å². The smallest absolute Gasteiger partial charge is 0.252 e. The quantitative estimate of drug-likeness (QED) is 0.578. The Morgan fingerprint density at radius 2 is 1.96 bits per heavy atom. The molecular formula is C19H17FIrN3O-. The van der Waals surface area contributed by atoms with Crippen molar-refractivity contribution < 1.29 is 29.3 Å². The van der Waals surface area contributed by atoms with E-state index in [2.05, 4.69) is 11.1 Å². The number of halogens is 1. The van der Waals surface area contributed by atoms with Crippen molar-refractivity contribution in [3.05, 3.63) is 71.7 Å². The minimum atomic E-state index is -0.341. The number of benzene rings is 2. The van der Waals surface area contributed by atoms with Crippen molar-refractivity contribution in [2.24, 2.45) is 4.99 Å². The van der Waals surface area contributed by atoms with E-state index in [9.17, 15) is 9.18 Å². The number of hydrogen-bond acceptors (Lipinski definition) is 3. The third kappa shape index (κ3) is 3.70. The Morgan fingerprint density at radius 3 is 2.68 bits per heavy atom. The van der Waals surface area contributed by atoms with Crippen molar-refractivity contribution in [3.8, 4) is 0 Å². The number of carbonyl (C=O) groups excluding carboxylic acids is 1. The van der Waals surface area contributed by atoms with Gasteiger partial charge in [-0.3, -0.25) is 9.18 Å². The summed E-state index contributed by atoms with van der Waals surface area (Å²) in [4.78, 5) is 19.8. The Labute approximate surface area is 160 Å². The van der Waals surface area contributed by atoms with Gasteiger partial charge < -0.3 is 14.8 Å². The molecule has 4 nitrogen and oxygen atoms in total. The topological polar surface area (TPSA) is 35.9 Å². The minimum absolute atomic E-state index is 0. The van der Waals surface area contributed by atoms with Crippen LogP contribution >= 0.6 is 0 Å². The fraction of sp³-hybridized carbons (Fsp3) is 0.158. The summed E-state index contributed by atoms with van der Waals surface area (Å²) < 4.78 is 14.0. The van der Waals surface area contributed by atoms with Gasteiger partial charge in [0.1, 0.15) is 0 Å². The molecule has 2 aromatic carbocycles. The van der Waals surface area contributed by atoms with E-state index >= 15 is 0 Å². The number of para-hydroxylation sites is 1. The van der Waals surface area contributed by atoms with Crippen molar-refractivity contribution in [3.63, 3.8) is 0 Å². The molecule has 0 fully saturated rings. The first-order valence-electron chi connectivity index (χ1n) is 7.49. The van der Waals surface area contributed by atoms with E-state index in [1.807, 2.05) is 24.3 Å². The summed E-state index contributed by atoms with van der Waals surface area (Å²) in [6.45, 7) is 0. The van der Waals surface area contributed by atoms with Crippen LogP contribution < -0.4 is 9.80 Å². The predicted octanol–water partition coefficient (Wildman–Crippen LogP) is 3.02. The maximum atomic E-state index is 14.0. The van der Waals surface area contributed by atoms with Crippen molar-refractivity contribution in [2.45, 2.75) is 0 Å². The molecule has 25 heavy (non-hydrogen) atoms. The molecule has 1 heterocycles. The van der Waals surface area contributed by atoms with Gasteiger partial charge in [0.25, 0.3) is 5.91 Å². The Bertz CT molecular complexity index is 861. The fourth-order valence-corrected chi connectivity index (χ4v) is 2.60. The average Bonchev–Trinajstić information content (AvgIpc) is 2.57. The number of anilines is 2. The fourth-order valence-electron chi connectivity index (χ4n) is 2.60. The number of carbonyl (C=O) groups is 1. The number of rotatable bonds is 2. The third-order valence-electron chi connectivity index (χ3n) is 3.89. The van der Waals surface area contributed by atoms with Crippen LogP contribution in [0.4, 0.5) is 15.8 Å². The Morgan fingerprint density at radius 1 is 1.24 bits per heavy atom. The summed E-state index contributed by atoms with van der Waals surface area (Å²) in [5.41, 5.74) is 3.31. The molecule has 0 aliphatic carbocycles. The monoisotopic (exact) mass is 515 g/mol. The van der Waals surface area contributed by atoms with Gasteiger partial charge in [-0.15, -0.1) is 23.8 Å². The van der Waals surface area contributed by atoms with E-state index in [0.717, 1.165) is 11.3 Å². The molecular weight excluding hydrogens is 497 g/mol. The molecule has 0 atom stereocenters.